The number of rotatable bonds is 7. The second kappa shape index (κ2) is 8.46. The number of fused-ring (bicyclic) bond motifs is 1. The van der Waals surface area contributed by atoms with E-state index < -0.39 is 40.5 Å². The summed E-state index contributed by atoms with van der Waals surface area (Å²) >= 11 is 0. The minimum atomic E-state index is -1.29. The molecule has 0 aromatic heterocycles. The van der Waals surface area contributed by atoms with Crippen LogP contribution in [0.1, 0.15) is 66.7 Å². The van der Waals surface area contributed by atoms with E-state index in [0.717, 1.165) is 5.57 Å². The van der Waals surface area contributed by atoms with Gasteiger partial charge in [0.05, 0.1) is 18.3 Å². The summed E-state index contributed by atoms with van der Waals surface area (Å²) in [7, 11) is 0. The average molecular weight is 413 g/mol. The molecule has 2 aliphatic rings. The van der Waals surface area contributed by atoms with Crippen molar-refractivity contribution < 1.29 is 34.8 Å². The second-order valence-electron chi connectivity index (χ2n) is 9.62. The molecule has 7 heteroatoms. The third kappa shape index (κ3) is 4.43. The maximum absolute atomic E-state index is 12.9. The molecule has 0 unspecified atom stereocenters. The highest BCUT2D eigenvalue weighted by Gasteiger charge is 2.61. The Kier molecular flexibility index (Phi) is 7.00. The van der Waals surface area contributed by atoms with Crippen molar-refractivity contribution in [2.45, 2.75) is 84.5 Å². The lowest BCUT2D eigenvalue weighted by molar-refractivity contribution is -0.180. The second-order valence-corrected chi connectivity index (χ2v) is 9.62. The van der Waals surface area contributed by atoms with E-state index >= 15 is 0 Å². The van der Waals surface area contributed by atoms with Crippen LogP contribution in [0.5, 0.6) is 0 Å². The van der Waals surface area contributed by atoms with Crippen molar-refractivity contribution in [2.24, 2.45) is 16.7 Å². The first kappa shape index (κ1) is 24.0. The molecule has 4 N–H and O–H groups in total. The molecule has 0 heterocycles. The third-order valence-corrected chi connectivity index (χ3v) is 7.34. The number of carbonyl (C=O) groups is 2. The van der Waals surface area contributed by atoms with Gasteiger partial charge in [0, 0.05) is 24.9 Å². The molecular weight excluding hydrogens is 376 g/mol. The molecule has 0 amide bonds. The lowest BCUT2D eigenvalue weighted by Gasteiger charge is -2.58. The van der Waals surface area contributed by atoms with Crippen LogP contribution in [-0.2, 0) is 14.3 Å². The molecule has 6 atom stereocenters. The molecule has 2 rings (SSSR count). The van der Waals surface area contributed by atoms with Crippen LogP contribution in [0.25, 0.3) is 0 Å². The summed E-state index contributed by atoms with van der Waals surface area (Å²) in [4.78, 5) is 24.3. The Morgan fingerprint density at radius 1 is 1.28 bits per heavy atom. The fourth-order valence-electron chi connectivity index (χ4n) is 5.53. The maximum atomic E-state index is 12.9. The number of ether oxygens (including phenoxy) is 1. The van der Waals surface area contributed by atoms with Gasteiger partial charge in [-0.25, -0.2) is 0 Å². The van der Waals surface area contributed by atoms with Crippen LogP contribution >= 0.6 is 0 Å². The van der Waals surface area contributed by atoms with E-state index in [1.54, 1.807) is 20.8 Å². The van der Waals surface area contributed by atoms with Gasteiger partial charge in [0.2, 0.25) is 0 Å². The quantitative estimate of drug-likeness (QED) is 0.467. The molecule has 0 saturated heterocycles. The van der Waals surface area contributed by atoms with E-state index in [1.807, 2.05) is 6.92 Å². The molecule has 0 aromatic rings. The van der Waals surface area contributed by atoms with Crippen molar-refractivity contribution in [2.75, 3.05) is 13.2 Å². The smallest absolute Gasteiger partial charge is 0.302 e. The maximum Gasteiger partial charge on any atom is 0.302 e. The zero-order valence-electron chi connectivity index (χ0n) is 18.2. The first-order valence-corrected chi connectivity index (χ1v) is 10.4. The topological polar surface area (TPSA) is 124 Å². The molecule has 0 aromatic carbocycles. The van der Waals surface area contributed by atoms with Crippen LogP contribution < -0.4 is 0 Å². The highest BCUT2D eigenvalue weighted by Crippen LogP contribution is 2.60. The molecule has 0 spiro atoms. The van der Waals surface area contributed by atoms with E-state index in [1.165, 1.54) is 6.92 Å². The molecular formula is C22H36O7. The van der Waals surface area contributed by atoms with Crippen LogP contribution in [0.3, 0.4) is 0 Å². The van der Waals surface area contributed by atoms with E-state index in [2.05, 4.69) is 0 Å². The van der Waals surface area contributed by atoms with Crippen LogP contribution in [0.4, 0.5) is 0 Å². The van der Waals surface area contributed by atoms with Gasteiger partial charge < -0.3 is 25.2 Å². The molecule has 0 aliphatic heterocycles. The standard InChI is InChI=1S/C22H36O7/c1-13-15(6-8-20(3,28)10-11-23)21(4)9-7-16(25)22(5,12-29-14(2)24)19(21)18(27)17(13)26/h16,18-19,23,25,27-28H,6-12H2,1-5H3/t16-,18-,19-,20-,21-,22+/m1/s1. The number of allylic oxidation sites excluding steroid dienone is 1. The summed E-state index contributed by atoms with van der Waals surface area (Å²) in [5, 5.41) is 41.4. The Balaban J connectivity index is 2.46. The van der Waals surface area contributed by atoms with Crippen LogP contribution in [0.2, 0.25) is 0 Å². The van der Waals surface area contributed by atoms with Gasteiger partial charge in [-0.2, -0.15) is 0 Å². The molecule has 1 saturated carbocycles. The normalized spacial score (nSPS) is 37.1. The SMILES string of the molecule is CC(=O)OC[C@@]1(C)[C@H](O)CC[C@]2(C)C(CC[C@@](C)(O)CCO)=C(C)C(=O)[C@@H](O)[C@@H]12. The van der Waals surface area contributed by atoms with Crippen molar-refractivity contribution in [3.05, 3.63) is 11.1 Å². The van der Waals surface area contributed by atoms with Crippen molar-refractivity contribution in [3.8, 4) is 0 Å². The Morgan fingerprint density at radius 2 is 1.90 bits per heavy atom. The summed E-state index contributed by atoms with van der Waals surface area (Å²) in [6, 6.07) is 0. The summed E-state index contributed by atoms with van der Waals surface area (Å²) in [6.07, 6.45) is -0.0296. The summed E-state index contributed by atoms with van der Waals surface area (Å²) < 4.78 is 5.24. The number of hydrogen-bond donors (Lipinski definition) is 4. The van der Waals surface area contributed by atoms with Gasteiger partial charge in [0.1, 0.15) is 6.10 Å². The van der Waals surface area contributed by atoms with Gasteiger partial charge in [0.25, 0.3) is 0 Å². The molecule has 166 valence electrons. The number of carbonyl (C=O) groups excluding carboxylic acids is 2. The zero-order valence-corrected chi connectivity index (χ0v) is 18.2. The molecule has 0 bridgehead atoms. The van der Waals surface area contributed by atoms with Gasteiger partial charge >= 0.3 is 5.97 Å². The number of hydrogen-bond acceptors (Lipinski definition) is 7. The first-order valence-electron chi connectivity index (χ1n) is 10.4. The Bertz CT molecular complexity index is 683. The summed E-state index contributed by atoms with van der Waals surface area (Å²) in [5.74, 6) is -1.48. The van der Waals surface area contributed by atoms with Crippen molar-refractivity contribution in [1.82, 2.24) is 0 Å². The first-order chi connectivity index (χ1) is 13.3. The van der Waals surface area contributed by atoms with Crippen LogP contribution in [-0.4, -0.2) is 63.2 Å². The molecule has 1 fully saturated rings. The highest BCUT2D eigenvalue weighted by atomic mass is 16.5. The number of esters is 1. The molecule has 2 aliphatic carbocycles. The average Bonchev–Trinajstić information content (AvgIpc) is 2.61. The van der Waals surface area contributed by atoms with E-state index in [9.17, 15) is 30.0 Å². The Hall–Kier alpha value is -1.28. The molecule has 7 nitrogen and oxygen atoms in total. The van der Waals surface area contributed by atoms with E-state index in [-0.39, 0.29) is 25.4 Å². The van der Waals surface area contributed by atoms with Crippen molar-refractivity contribution in [3.63, 3.8) is 0 Å². The third-order valence-electron chi connectivity index (χ3n) is 7.34. The number of aliphatic hydroxyl groups excluding tert-OH is 3. The van der Waals surface area contributed by atoms with Gasteiger partial charge in [-0.3, -0.25) is 9.59 Å². The minimum Gasteiger partial charge on any atom is -0.465 e. The van der Waals surface area contributed by atoms with Gasteiger partial charge in [0.15, 0.2) is 5.78 Å². The fourth-order valence-corrected chi connectivity index (χ4v) is 5.53. The highest BCUT2D eigenvalue weighted by molar-refractivity contribution is 6.00. The van der Waals surface area contributed by atoms with Gasteiger partial charge in [-0.15, -0.1) is 0 Å². The Morgan fingerprint density at radius 3 is 2.45 bits per heavy atom. The van der Waals surface area contributed by atoms with Crippen molar-refractivity contribution in [1.29, 1.82) is 0 Å². The predicted molar refractivity (Wildman–Crippen MR) is 107 cm³/mol. The monoisotopic (exact) mass is 412 g/mol. The minimum absolute atomic E-state index is 0.0807. The predicted octanol–water partition coefficient (Wildman–Crippen LogP) is 1.51. The lowest BCUT2D eigenvalue weighted by Crippen LogP contribution is -2.62. The number of Topliss-reactive ketones (excluding diaryl/α,β-unsaturated/α-hetero) is 1. The number of ketones is 1. The Labute approximate surface area is 172 Å². The van der Waals surface area contributed by atoms with Gasteiger partial charge in [-0.1, -0.05) is 19.4 Å². The van der Waals surface area contributed by atoms with Crippen LogP contribution in [0.15, 0.2) is 11.1 Å². The van der Waals surface area contributed by atoms with Crippen molar-refractivity contribution >= 4 is 11.8 Å². The molecule has 0 radical (unpaired) electrons. The van der Waals surface area contributed by atoms with E-state index in [0.29, 0.717) is 31.3 Å². The van der Waals surface area contributed by atoms with E-state index in [4.69, 9.17) is 4.74 Å². The largest absolute Gasteiger partial charge is 0.465 e. The summed E-state index contributed by atoms with van der Waals surface area (Å²) in [6.45, 7) is 8.20. The lowest BCUT2D eigenvalue weighted by atomic mass is 9.47. The van der Waals surface area contributed by atoms with Crippen LogP contribution in [0, 0.1) is 16.7 Å². The zero-order chi connectivity index (χ0) is 22.2. The number of aliphatic hydroxyl groups is 4. The summed E-state index contributed by atoms with van der Waals surface area (Å²) in [5.41, 5.74) is -1.25. The van der Waals surface area contributed by atoms with Gasteiger partial charge in [-0.05, 0) is 56.9 Å². The molecule has 29 heavy (non-hydrogen) atoms. The fraction of sp³-hybridized carbons (Fsp3) is 0.818.